The number of esters is 1. The van der Waals surface area contributed by atoms with E-state index in [4.69, 9.17) is 4.74 Å². The molecule has 0 bridgehead atoms. The second-order valence-corrected chi connectivity index (χ2v) is 8.39. The van der Waals surface area contributed by atoms with Crippen LogP contribution in [0.15, 0.2) is 41.6 Å². The maximum Gasteiger partial charge on any atom is 0.337 e. The highest BCUT2D eigenvalue weighted by Crippen LogP contribution is 2.31. The number of piperazine rings is 1. The molecule has 1 saturated heterocycles. The number of benzene rings is 1. The van der Waals surface area contributed by atoms with Crippen molar-refractivity contribution in [1.82, 2.24) is 14.6 Å². The first-order chi connectivity index (χ1) is 12.9. The fourth-order valence-corrected chi connectivity index (χ4v) is 5.23. The van der Waals surface area contributed by atoms with Crippen molar-refractivity contribution in [2.75, 3.05) is 26.7 Å². The summed E-state index contributed by atoms with van der Waals surface area (Å²) in [6.07, 6.45) is 3.34. The van der Waals surface area contributed by atoms with E-state index in [0.29, 0.717) is 25.2 Å². The van der Waals surface area contributed by atoms with Gasteiger partial charge in [-0.05, 0) is 48.7 Å². The molecule has 9 heteroatoms. The normalized spacial score (nSPS) is 17.6. The number of rotatable bonds is 4. The van der Waals surface area contributed by atoms with Gasteiger partial charge >= 0.3 is 5.97 Å². The van der Waals surface area contributed by atoms with Crippen LogP contribution in [-0.4, -0.2) is 50.4 Å². The quantitative estimate of drug-likeness (QED) is 0.756. The van der Waals surface area contributed by atoms with E-state index in [1.165, 1.54) is 17.5 Å². The number of nitrogens with zero attached hydrogens (tertiary/aromatic N) is 2. The molecule has 1 aliphatic rings. The predicted molar refractivity (Wildman–Crippen MR) is 108 cm³/mol. The average molecular weight is 426 g/mol. The minimum absolute atomic E-state index is 0. The Morgan fingerprint density at radius 2 is 2.07 bits per heavy atom. The Labute approximate surface area is 171 Å². The maximum absolute atomic E-state index is 13.5. The number of ether oxygens (including phenoxy) is 1. The van der Waals surface area contributed by atoms with Crippen LogP contribution < -0.4 is 5.32 Å². The lowest BCUT2D eigenvalue weighted by molar-refractivity contribution is 0.0600. The molecule has 1 aromatic carbocycles. The molecule has 1 atom stereocenters. The van der Waals surface area contributed by atoms with Gasteiger partial charge in [-0.3, -0.25) is 4.98 Å². The van der Waals surface area contributed by atoms with Gasteiger partial charge in [-0.2, -0.15) is 4.31 Å². The number of aromatic nitrogens is 1. The van der Waals surface area contributed by atoms with Crippen LogP contribution in [0.4, 0.5) is 0 Å². The molecular weight excluding hydrogens is 402 g/mol. The minimum atomic E-state index is -3.82. The van der Waals surface area contributed by atoms with Crippen LogP contribution in [0.1, 0.15) is 33.1 Å². The second kappa shape index (κ2) is 9.00. The van der Waals surface area contributed by atoms with Crippen molar-refractivity contribution >= 4 is 28.4 Å². The lowest BCUT2D eigenvalue weighted by Crippen LogP contribution is -2.48. The fourth-order valence-electron chi connectivity index (χ4n) is 3.29. The first-order valence-electron chi connectivity index (χ1n) is 8.68. The van der Waals surface area contributed by atoms with Gasteiger partial charge in [0.05, 0.1) is 23.6 Å². The summed E-state index contributed by atoms with van der Waals surface area (Å²) in [5.41, 5.74) is 2.41. The van der Waals surface area contributed by atoms with Gasteiger partial charge < -0.3 is 10.1 Å². The summed E-state index contributed by atoms with van der Waals surface area (Å²) >= 11 is 0. The number of halogens is 1. The molecule has 28 heavy (non-hydrogen) atoms. The van der Waals surface area contributed by atoms with Crippen molar-refractivity contribution in [1.29, 1.82) is 0 Å². The molecule has 152 valence electrons. The third-order valence-corrected chi connectivity index (χ3v) is 6.93. The van der Waals surface area contributed by atoms with Crippen molar-refractivity contribution in [3.8, 4) is 0 Å². The van der Waals surface area contributed by atoms with Crippen LogP contribution in [0.25, 0.3) is 0 Å². The Balaban J connectivity index is 0.00000280. The highest BCUT2D eigenvalue weighted by atomic mass is 35.5. The Hall–Kier alpha value is -2.00. The van der Waals surface area contributed by atoms with Crippen molar-refractivity contribution in [3.63, 3.8) is 0 Å². The third-order valence-electron chi connectivity index (χ3n) is 4.89. The molecular formula is C19H24ClN3O4S. The van der Waals surface area contributed by atoms with Gasteiger partial charge in [-0.15, -0.1) is 12.4 Å². The van der Waals surface area contributed by atoms with Gasteiger partial charge in [0.1, 0.15) is 0 Å². The SMILES string of the molecule is COC(=O)c1cc(C)c(C)c(S(=O)(=O)N2CCNCC2c2cccnc2)c1.Cl. The number of pyridine rings is 1. The van der Waals surface area contributed by atoms with Crippen molar-refractivity contribution in [2.24, 2.45) is 0 Å². The number of nitrogens with one attached hydrogen (secondary N) is 1. The van der Waals surface area contributed by atoms with Crippen LogP contribution >= 0.6 is 12.4 Å². The van der Waals surface area contributed by atoms with E-state index < -0.39 is 16.0 Å². The molecule has 1 unspecified atom stereocenters. The highest BCUT2D eigenvalue weighted by Gasteiger charge is 2.36. The van der Waals surface area contributed by atoms with Crippen LogP contribution in [0.2, 0.25) is 0 Å². The first-order valence-corrected chi connectivity index (χ1v) is 10.1. The largest absolute Gasteiger partial charge is 0.465 e. The molecule has 3 rings (SSSR count). The lowest BCUT2D eigenvalue weighted by Gasteiger charge is -2.35. The molecule has 2 aromatic rings. The molecule has 1 aliphatic heterocycles. The van der Waals surface area contributed by atoms with E-state index in [1.807, 2.05) is 6.07 Å². The zero-order valence-electron chi connectivity index (χ0n) is 16.0. The van der Waals surface area contributed by atoms with Crippen LogP contribution in [0.5, 0.6) is 0 Å². The van der Waals surface area contributed by atoms with Crippen LogP contribution in [-0.2, 0) is 14.8 Å². The summed E-state index contributed by atoms with van der Waals surface area (Å²) in [6.45, 7) is 4.94. The Morgan fingerprint density at radius 3 is 2.71 bits per heavy atom. The zero-order chi connectivity index (χ0) is 19.6. The maximum atomic E-state index is 13.5. The number of aryl methyl sites for hydroxylation is 1. The van der Waals surface area contributed by atoms with E-state index >= 15 is 0 Å². The topological polar surface area (TPSA) is 88.6 Å². The van der Waals surface area contributed by atoms with Crippen LogP contribution in [0.3, 0.4) is 0 Å². The van der Waals surface area contributed by atoms with Crippen LogP contribution in [0, 0.1) is 13.8 Å². The Morgan fingerprint density at radius 1 is 1.32 bits per heavy atom. The molecule has 1 aromatic heterocycles. The van der Waals surface area contributed by atoms with E-state index in [1.54, 1.807) is 38.4 Å². The molecule has 0 amide bonds. The smallest absolute Gasteiger partial charge is 0.337 e. The van der Waals surface area contributed by atoms with Crippen molar-refractivity contribution < 1.29 is 17.9 Å². The molecule has 2 heterocycles. The Bertz CT molecular complexity index is 951. The second-order valence-electron chi connectivity index (χ2n) is 6.53. The molecule has 0 radical (unpaired) electrons. The Kier molecular flexibility index (Phi) is 7.16. The fraction of sp³-hybridized carbons (Fsp3) is 0.368. The summed E-state index contributed by atoms with van der Waals surface area (Å²) in [6, 6.07) is 6.36. The van der Waals surface area contributed by atoms with E-state index in [2.05, 4.69) is 10.3 Å². The molecule has 1 fully saturated rings. The number of carbonyl (C=O) groups is 1. The monoisotopic (exact) mass is 425 g/mol. The summed E-state index contributed by atoms with van der Waals surface area (Å²) in [7, 11) is -2.54. The van der Waals surface area contributed by atoms with Gasteiger partial charge in [0.15, 0.2) is 0 Å². The van der Waals surface area contributed by atoms with E-state index in [9.17, 15) is 13.2 Å². The number of hydrogen-bond acceptors (Lipinski definition) is 6. The minimum Gasteiger partial charge on any atom is -0.465 e. The van der Waals surface area contributed by atoms with Gasteiger partial charge in [-0.1, -0.05) is 6.07 Å². The third kappa shape index (κ3) is 4.20. The molecule has 0 aliphatic carbocycles. The number of sulfonamides is 1. The molecule has 1 N–H and O–H groups in total. The van der Waals surface area contributed by atoms with Gasteiger partial charge in [-0.25, -0.2) is 13.2 Å². The first kappa shape index (κ1) is 22.3. The highest BCUT2D eigenvalue weighted by molar-refractivity contribution is 7.89. The summed E-state index contributed by atoms with van der Waals surface area (Å²) < 4.78 is 33.3. The number of hydrogen-bond donors (Lipinski definition) is 1. The summed E-state index contributed by atoms with van der Waals surface area (Å²) in [4.78, 5) is 16.2. The number of methoxy groups -OCH3 is 1. The standard InChI is InChI=1S/C19H23N3O4S.ClH/c1-13-9-16(19(23)26-3)10-18(14(13)2)27(24,25)22-8-7-21-12-17(22)15-5-4-6-20-11-15;/h4-6,9-11,17,21H,7-8,12H2,1-3H3;1H. The van der Waals surface area contributed by atoms with Gasteiger partial charge in [0, 0.05) is 32.0 Å². The summed E-state index contributed by atoms with van der Waals surface area (Å²) in [5.74, 6) is -0.557. The molecule has 7 nitrogen and oxygen atoms in total. The average Bonchev–Trinajstić information content (AvgIpc) is 2.69. The summed E-state index contributed by atoms with van der Waals surface area (Å²) in [5, 5.41) is 3.24. The molecule has 0 spiro atoms. The molecule has 0 saturated carbocycles. The van der Waals surface area contributed by atoms with Gasteiger partial charge in [0.2, 0.25) is 10.0 Å². The lowest BCUT2D eigenvalue weighted by atomic mass is 10.1. The van der Waals surface area contributed by atoms with E-state index in [0.717, 1.165) is 11.1 Å². The predicted octanol–water partition coefficient (Wildman–Crippen LogP) is 2.24. The zero-order valence-corrected chi connectivity index (χ0v) is 17.6. The number of carbonyl (C=O) groups excluding carboxylic acids is 1. The van der Waals surface area contributed by atoms with Gasteiger partial charge in [0.25, 0.3) is 0 Å². The van der Waals surface area contributed by atoms with Crippen molar-refractivity contribution in [2.45, 2.75) is 24.8 Å². The van der Waals surface area contributed by atoms with E-state index in [-0.39, 0.29) is 28.9 Å². The van der Waals surface area contributed by atoms with Crippen molar-refractivity contribution in [3.05, 3.63) is 58.9 Å².